The van der Waals surface area contributed by atoms with Gasteiger partial charge in [0.15, 0.2) is 0 Å². The molecule has 4 rings (SSSR count). The Kier molecular flexibility index (Phi) is 6.17. The Morgan fingerprint density at radius 3 is 2.27 bits per heavy atom. The average molecular weight is 403 g/mol. The molecular formula is C25H30N4O. The van der Waals surface area contributed by atoms with Crippen LogP contribution in [0.5, 0.6) is 0 Å². The molecule has 0 atom stereocenters. The van der Waals surface area contributed by atoms with Crippen molar-refractivity contribution in [2.75, 3.05) is 23.3 Å². The van der Waals surface area contributed by atoms with E-state index in [9.17, 15) is 4.79 Å². The van der Waals surface area contributed by atoms with Crippen LogP contribution >= 0.6 is 0 Å². The van der Waals surface area contributed by atoms with Crippen LogP contribution in [0.25, 0.3) is 0 Å². The van der Waals surface area contributed by atoms with Gasteiger partial charge in [-0.15, -0.1) is 0 Å². The Morgan fingerprint density at radius 1 is 0.933 bits per heavy atom. The lowest BCUT2D eigenvalue weighted by Crippen LogP contribution is -2.23. The van der Waals surface area contributed by atoms with Crippen LogP contribution in [-0.4, -0.2) is 28.8 Å². The van der Waals surface area contributed by atoms with Gasteiger partial charge in [0.05, 0.1) is 17.8 Å². The predicted molar refractivity (Wildman–Crippen MR) is 122 cm³/mol. The summed E-state index contributed by atoms with van der Waals surface area (Å²) < 4.78 is 1.90. The first-order valence-corrected chi connectivity index (χ1v) is 10.9. The van der Waals surface area contributed by atoms with Crippen LogP contribution in [0.2, 0.25) is 0 Å². The summed E-state index contributed by atoms with van der Waals surface area (Å²) in [5.41, 5.74) is 5.50. The van der Waals surface area contributed by atoms with E-state index >= 15 is 0 Å². The third-order valence-electron chi connectivity index (χ3n) is 5.88. The Morgan fingerprint density at radius 2 is 1.60 bits per heavy atom. The third-order valence-corrected chi connectivity index (χ3v) is 5.88. The van der Waals surface area contributed by atoms with E-state index < -0.39 is 0 Å². The molecule has 0 saturated carbocycles. The molecule has 3 aromatic rings. The summed E-state index contributed by atoms with van der Waals surface area (Å²) in [6, 6.07) is 18.4. The van der Waals surface area contributed by atoms with Crippen molar-refractivity contribution in [1.29, 1.82) is 0 Å². The third kappa shape index (κ3) is 4.56. The predicted octanol–water partition coefficient (Wildman–Crippen LogP) is 5.18. The average Bonchev–Trinajstić information content (AvgIpc) is 2.93. The lowest BCUT2D eigenvalue weighted by atomic mass is 10.1. The normalized spacial score (nSPS) is 14.4. The van der Waals surface area contributed by atoms with Crippen LogP contribution in [0.1, 0.15) is 53.0 Å². The molecule has 156 valence electrons. The van der Waals surface area contributed by atoms with Crippen molar-refractivity contribution >= 4 is 17.3 Å². The summed E-state index contributed by atoms with van der Waals surface area (Å²) in [5, 5.41) is 7.65. The molecule has 1 amide bonds. The standard InChI is InChI=1S/C25H30N4O/c1-19-24(20(2)29(27-19)18-21-10-6-5-7-11-21)25(30)26-22-12-14-23(15-13-22)28-16-8-3-4-9-17-28/h5-7,10-15H,3-4,8-9,16-18H2,1-2H3,(H,26,30). The maximum Gasteiger partial charge on any atom is 0.259 e. The zero-order valence-electron chi connectivity index (χ0n) is 17.9. The minimum absolute atomic E-state index is 0.105. The van der Waals surface area contributed by atoms with Crippen molar-refractivity contribution in [3.05, 3.63) is 77.1 Å². The Labute approximate surface area is 178 Å². The van der Waals surface area contributed by atoms with Crippen LogP contribution in [0, 0.1) is 13.8 Å². The van der Waals surface area contributed by atoms with Gasteiger partial charge in [0, 0.05) is 30.2 Å². The monoisotopic (exact) mass is 402 g/mol. The van der Waals surface area contributed by atoms with Crippen molar-refractivity contribution in [3.63, 3.8) is 0 Å². The summed E-state index contributed by atoms with van der Waals surface area (Å²) in [4.78, 5) is 15.4. The molecule has 5 heteroatoms. The highest BCUT2D eigenvalue weighted by molar-refractivity contribution is 6.05. The quantitative estimate of drug-likeness (QED) is 0.640. The zero-order chi connectivity index (χ0) is 20.9. The molecule has 1 saturated heterocycles. The molecular weight excluding hydrogens is 372 g/mol. The Balaban J connectivity index is 1.46. The smallest absolute Gasteiger partial charge is 0.259 e. The second kappa shape index (κ2) is 9.16. The molecule has 1 aliphatic rings. The minimum atomic E-state index is -0.105. The number of aryl methyl sites for hydroxylation is 1. The molecule has 5 nitrogen and oxygen atoms in total. The zero-order valence-corrected chi connectivity index (χ0v) is 17.9. The number of nitrogens with one attached hydrogen (secondary N) is 1. The number of hydrogen-bond acceptors (Lipinski definition) is 3. The minimum Gasteiger partial charge on any atom is -0.372 e. The summed E-state index contributed by atoms with van der Waals surface area (Å²) in [6.07, 6.45) is 5.15. The van der Waals surface area contributed by atoms with Crippen LogP contribution < -0.4 is 10.2 Å². The topological polar surface area (TPSA) is 50.2 Å². The molecule has 0 radical (unpaired) electrons. The fraction of sp³-hybridized carbons (Fsp3) is 0.360. The first kappa shape index (κ1) is 20.2. The highest BCUT2D eigenvalue weighted by Gasteiger charge is 2.19. The van der Waals surface area contributed by atoms with E-state index in [1.54, 1.807) is 0 Å². The van der Waals surface area contributed by atoms with Crippen LogP contribution in [-0.2, 0) is 6.54 Å². The maximum atomic E-state index is 13.0. The summed E-state index contributed by atoms with van der Waals surface area (Å²) in [6.45, 7) is 6.74. The van der Waals surface area contributed by atoms with Crippen molar-refractivity contribution in [1.82, 2.24) is 9.78 Å². The van der Waals surface area contributed by atoms with E-state index in [1.165, 1.54) is 36.9 Å². The van der Waals surface area contributed by atoms with E-state index in [1.807, 2.05) is 48.9 Å². The van der Waals surface area contributed by atoms with Crippen LogP contribution in [0.3, 0.4) is 0 Å². The lowest BCUT2D eigenvalue weighted by Gasteiger charge is -2.22. The van der Waals surface area contributed by atoms with E-state index in [0.717, 1.165) is 30.2 Å². The lowest BCUT2D eigenvalue weighted by molar-refractivity contribution is 0.102. The Hall–Kier alpha value is -3.08. The largest absolute Gasteiger partial charge is 0.372 e. The van der Waals surface area contributed by atoms with Crippen molar-refractivity contribution < 1.29 is 4.79 Å². The van der Waals surface area contributed by atoms with Crippen molar-refractivity contribution in [2.45, 2.75) is 46.1 Å². The van der Waals surface area contributed by atoms with Gasteiger partial charge in [-0.05, 0) is 56.5 Å². The van der Waals surface area contributed by atoms with Gasteiger partial charge in [0.1, 0.15) is 0 Å². The number of carbonyl (C=O) groups is 1. The highest BCUT2D eigenvalue weighted by atomic mass is 16.1. The second-order valence-corrected chi connectivity index (χ2v) is 8.09. The molecule has 1 fully saturated rings. The van der Waals surface area contributed by atoms with Gasteiger partial charge in [0.25, 0.3) is 5.91 Å². The molecule has 2 aromatic carbocycles. The number of amides is 1. The molecule has 30 heavy (non-hydrogen) atoms. The van der Waals surface area contributed by atoms with Crippen LogP contribution in [0.4, 0.5) is 11.4 Å². The van der Waals surface area contributed by atoms with Gasteiger partial charge < -0.3 is 10.2 Å². The van der Waals surface area contributed by atoms with Gasteiger partial charge in [-0.1, -0.05) is 43.2 Å². The number of anilines is 2. The maximum absolute atomic E-state index is 13.0. The number of benzene rings is 2. The SMILES string of the molecule is Cc1nn(Cc2ccccc2)c(C)c1C(=O)Nc1ccc(N2CCCCCC2)cc1. The van der Waals surface area contributed by atoms with Gasteiger partial charge >= 0.3 is 0 Å². The van der Waals surface area contributed by atoms with E-state index in [0.29, 0.717) is 12.1 Å². The summed E-state index contributed by atoms with van der Waals surface area (Å²) >= 11 is 0. The number of hydrogen-bond donors (Lipinski definition) is 1. The van der Waals surface area contributed by atoms with E-state index in [-0.39, 0.29) is 5.91 Å². The van der Waals surface area contributed by atoms with Gasteiger partial charge in [-0.25, -0.2) is 0 Å². The summed E-state index contributed by atoms with van der Waals surface area (Å²) in [7, 11) is 0. The summed E-state index contributed by atoms with van der Waals surface area (Å²) in [5.74, 6) is -0.105. The molecule has 1 aromatic heterocycles. The number of aromatic nitrogens is 2. The fourth-order valence-electron chi connectivity index (χ4n) is 4.21. The van der Waals surface area contributed by atoms with Gasteiger partial charge in [-0.3, -0.25) is 9.48 Å². The first-order chi connectivity index (χ1) is 14.6. The number of nitrogens with zero attached hydrogens (tertiary/aromatic N) is 3. The van der Waals surface area contributed by atoms with Crippen molar-refractivity contribution in [3.8, 4) is 0 Å². The number of rotatable bonds is 5. The molecule has 0 spiro atoms. The molecule has 0 bridgehead atoms. The number of carbonyl (C=O) groups excluding carboxylic acids is 1. The highest BCUT2D eigenvalue weighted by Crippen LogP contribution is 2.23. The molecule has 1 N–H and O–H groups in total. The molecule has 1 aliphatic heterocycles. The molecule has 0 aliphatic carbocycles. The van der Waals surface area contributed by atoms with E-state index in [2.05, 4.69) is 39.6 Å². The van der Waals surface area contributed by atoms with Crippen molar-refractivity contribution in [2.24, 2.45) is 0 Å². The fourth-order valence-corrected chi connectivity index (χ4v) is 4.21. The van der Waals surface area contributed by atoms with Gasteiger partial charge in [0.2, 0.25) is 0 Å². The van der Waals surface area contributed by atoms with E-state index in [4.69, 9.17) is 0 Å². The molecule has 0 unspecified atom stereocenters. The van der Waals surface area contributed by atoms with Crippen LogP contribution in [0.15, 0.2) is 54.6 Å². The second-order valence-electron chi connectivity index (χ2n) is 8.09. The first-order valence-electron chi connectivity index (χ1n) is 10.9. The molecule has 2 heterocycles. The van der Waals surface area contributed by atoms with Gasteiger partial charge in [-0.2, -0.15) is 5.10 Å². The Bertz CT molecular complexity index is 984.